The van der Waals surface area contributed by atoms with Crippen LogP contribution < -0.4 is 5.76 Å². The number of hydrogen-bond acceptors (Lipinski definition) is 5. The van der Waals surface area contributed by atoms with E-state index in [1.165, 1.54) is 16.0 Å². The zero-order valence-electron chi connectivity index (χ0n) is 11.9. The molecule has 1 aromatic carbocycles. The second-order valence-electron chi connectivity index (χ2n) is 4.93. The Balaban J connectivity index is 1.70. The Morgan fingerprint density at radius 1 is 1.32 bits per heavy atom. The van der Waals surface area contributed by atoms with Gasteiger partial charge in [-0.3, -0.25) is 4.90 Å². The summed E-state index contributed by atoms with van der Waals surface area (Å²) in [6.45, 7) is 1.04. The molecule has 0 aliphatic rings. The lowest BCUT2D eigenvalue weighted by molar-refractivity contribution is 0.237. The molecule has 0 fully saturated rings. The Bertz CT molecular complexity index is 793. The molecule has 0 aliphatic heterocycles. The van der Waals surface area contributed by atoms with Crippen molar-refractivity contribution in [1.82, 2.24) is 14.7 Å². The van der Waals surface area contributed by atoms with Gasteiger partial charge in [0.2, 0.25) is 0 Å². The first-order valence-corrected chi connectivity index (χ1v) is 7.92. The fourth-order valence-corrected chi connectivity index (χ4v) is 2.85. The van der Waals surface area contributed by atoms with Gasteiger partial charge in [-0.2, -0.15) is 4.68 Å². The van der Waals surface area contributed by atoms with Crippen molar-refractivity contribution in [3.05, 3.63) is 62.9 Å². The molecule has 0 N–H and O–H groups in total. The van der Waals surface area contributed by atoms with E-state index in [9.17, 15) is 4.79 Å². The molecule has 22 heavy (non-hydrogen) atoms. The van der Waals surface area contributed by atoms with Gasteiger partial charge in [-0.15, -0.1) is 16.4 Å². The van der Waals surface area contributed by atoms with Crippen LogP contribution in [0.1, 0.15) is 5.56 Å². The SMILES string of the molecule is CN(Cc1ccc(Cl)cc1)Cn1nc(-c2cccs2)oc1=O. The zero-order chi connectivity index (χ0) is 15.5. The second-order valence-corrected chi connectivity index (χ2v) is 6.32. The average Bonchev–Trinajstić information content (AvgIpc) is 3.12. The normalized spacial score (nSPS) is 11.2. The van der Waals surface area contributed by atoms with Gasteiger partial charge in [-0.25, -0.2) is 4.79 Å². The van der Waals surface area contributed by atoms with Gasteiger partial charge in [0.25, 0.3) is 5.89 Å². The zero-order valence-corrected chi connectivity index (χ0v) is 13.5. The fourth-order valence-electron chi connectivity index (χ4n) is 2.08. The number of nitrogens with zero attached hydrogens (tertiary/aromatic N) is 3. The topological polar surface area (TPSA) is 51.3 Å². The molecule has 3 rings (SSSR count). The van der Waals surface area contributed by atoms with Crippen molar-refractivity contribution in [3.8, 4) is 10.8 Å². The number of aromatic nitrogens is 2. The van der Waals surface area contributed by atoms with Gasteiger partial charge in [0.15, 0.2) is 0 Å². The minimum Gasteiger partial charge on any atom is -0.387 e. The largest absolute Gasteiger partial charge is 0.438 e. The van der Waals surface area contributed by atoms with E-state index >= 15 is 0 Å². The molecule has 5 nitrogen and oxygen atoms in total. The first-order valence-electron chi connectivity index (χ1n) is 6.66. The third-order valence-corrected chi connectivity index (χ3v) is 4.19. The molecule has 114 valence electrons. The Kier molecular flexibility index (Phi) is 4.42. The number of rotatable bonds is 5. The summed E-state index contributed by atoms with van der Waals surface area (Å²) in [6.07, 6.45) is 0. The summed E-state index contributed by atoms with van der Waals surface area (Å²) in [5, 5.41) is 6.86. The molecule has 2 aromatic heterocycles. The van der Waals surface area contributed by atoms with Gasteiger partial charge in [0.1, 0.15) is 6.67 Å². The van der Waals surface area contributed by atoms with Crippen molar-refractivity contribution in [2.45, 2.75) is 13.2 Å². The van der Waals surface area contributed by atoms with E-state index < -0.39 is 5.76 Å². The van der Waals surface area contributed by atoms with Crippen LogP contribution in [0.15, 0.2) is 51.0 Å². The van der Waals surface area contributed by atoms with Crippen LogP contribution in [-0.4, -0.2) is 21.7 Å². The number of hydrogen-bond donors (Lipinski definition) is 0. The molecule has 0 radical (unpaired) electrons. The average molecular weight is 336 g/mol. The van der Waals surface area contributed by atoms with Crippen LogP contribution in [0.25, 0.3) is 10.8 Å². The lowest BCUT2D eigenvalue weighted by atomic mass is 10.2. The van der Waals surface area contributed by atoms with E-state index in [1.54, 1.807) is 0 Å². The maximum absolute atomic E-state index is 11.9. The highest BCUT2D eigenvalue weighted by atomic mass is 35.5. The first-order chi connectivity index (χ1) is 10.6. The van der Waals surface area contributed by atoms with Crippen molar-refractivity contribution >= 4 is 22.9 Å². The molecule has 0 amide bonds. The van der Waals surface area contributed by atoms with E-state index in [-0.39, 0.29) is 0 Å². The molecule has 0 saturated heterocycles. The molecule has 0 atom stereocenters. The van der Waals surface area contributed by atoms with Gasteiger partial charge >= 0.3 is 5.76 Å². The lowest BCUT2D eigenvalue weighted by Gasteiger charge is -2.15. The van der Waals surface area contributed by atoms with Crippen molar-refractivity contribution in [2.75, 3.05) is 7.05 Å². The molecule has 0 aliphatic carbocycles. The summed E-state index contributed by atoms with van der Waals surface area (Å²) in [6, 6.07) is 11.4. The van der Waals surface area contributed by atoms with E-state index in [0.29, 0.717) is 24.1 Å². The van der Waals surface area contributed by atoms with Crippen molar-refractivity contribution in [2.24, 2.45) is 0 Å². The summed E-state index contributed by atoms with van der Waals surface area (Å²) in [7, 11) is 1.92. The van der Waals surface area contributed by atoms with Crippen LogP contribution >= 0.6 is 22.9 Å². The predicted octanol–water partition coefficient (Wildman–Crippen LogP) is 3.31. The fraction of sp³-hybridized carbons (Fsp3) is 0.200. The molecular weight excluding hydrogens is 322 g/mol. The van der Waals surface area contributed by atoms with E-state index in [4.69, 9.17) is 16.0 Å². The molecule has 0 unspecified atom stereocenters. The lowest BCUT2D eigenvalue weighted by Crippen LogP contribution is -2.28. The standard InChI is InChI=1S/C15H14ClN3O2S/c1-18(9-11-4-6-12(16)7-5-11)10-19-15(20)21-14(17-19)13-3-2-8-22-13/h2-8H,9-10H2,1H3. The summed E-state index contributed by atoms with van der Waals surface area (Å²) >= 11 is 7.36. The molecule has 3 aromatic rings. The Hall–Kier alpha value is -1.89. The number of thiophene rings is 1. The monoisotopic (exact) mass is 335 g/mol. The maximum atomic E-state index is 11.9. The third kappa shape index (κ3) is 3.47. The smallest absolute Gasteiger partial charge is 0.387 e. The van der Waals surface area contributed by atoms with Crippen LogP contribution in [0, 0.1) is 0 Å². The first kappa shape index (κ1) is 15.0. The van der Waals surface area contributed by atoms with E-state index in [1.807, 2.05) is 53.7 Å². The molecular formula is C15H14ClN3O2S. The van der Waals surface area contributed by atoms with Gasteiger partial charge in [0, 0.05) is 11.6 Å². The van der Waals surface area contributed by atoms with Crippen LogP contribution in [0.4, 0.5) is 0 Å². The van der Waals surface area contributed by atoms with Crippen LogP contribution in [0.3, 0.4) is 0 Å². The number of halogens is 1. The molecule has 2 heterocycles. The predicted molar refractivity (Wildman–Crippen MR) is 87.0 cm³/mol. The van der Waals surface area contributed by atoms with E-state index in [0.717, 1.165) is 10.4 Å². The highest BCUT2D eigenvalue weighted by molar-refractivity contribution is 7.13. The highest BCUT2D eigenvalue weighted by Gasteiger charge is 2.12. The minimum atomic E-state index is -0.452. The summed E-state index contributed by atoms with van der Waals surface area (Å²) < 4.78 is 6.51. The molecule has 7 heteroatoms. The Morgan fingerprint density at radius 3 is 2.77 bits per heavy atom. The van der Waals surface area contributed by atoms with E-state index in [2.05, 4.69) is 5.10 Å². The van der Waals surface area contributed by atoms with Crippen LogP contribution in [0.2, 0.25) is 5.02 Å². The van der Waals surface area contributed by atoms with Crippen molar-refractivity contribution in [3.63, 3.8) is 0 Å². The van der Waals surface area contributed by atoms with Gasteiger partial charge in [-0.05, 0) is 36.2 Å². The Morgan fingerprint density at radius 2 is 2.09 bits per heavy atom. The van der Waals surface area contributed by atoms with Crippen molar-refractivity contribution in [1.29, 1.82) is 0 Å². The van der Waals surface area contributed by atoms with Gasteiger partial charge in [0.05, 0.1) is 4.88 Å². The van der Waals surface area contributed by atoms with Crippen LogP contribution in [-0.2, 0) is 13.2 Å². The van der Waals surface area contributed by atoms with Gasteiger partial charge in [-0.1, -0.05) is 29.8 Å². The summed E-state index contributed by atoms with van der Waals surface area (Å²) in [5.41, 5.74) is 1.11. The maximum Gasteiger partial charge on any atom is 0.438 e. The number of benzene rings is 1. The molecule has 0 spiro atoms. The molecule has 0 saturated carbocycles. The van der Waals surface area contributed by atoms with Crippen LogP contribution in [0.5, 0.6) is 0 Å². The Labute approximate surface area is 136 Å². The quantitative estimate of drug-likeness (QED) is 0.717. The summed E-state index contributed by atoms with van der Waals surface area (Å²) in [5.74, 6) is -0.0914. The van der Waals surface area contributed by atoms with Gasteiger partial charge < -0.3 is 4.42 Å². The molecule has 0 bridgehead atoms. The second kappa shape index (κ2) is 6.48. The third-order valence-electron chi connectivity index (χ3n) is 3.08. The van der Waals surface area contributed by atoms with Crippen molar-refractivity contribution < 1.29 is 4.42 Å². The minimum absolute atomic E-state index is 0.357. The summed E-state index contributed by atoms with van der Waals surface area (Å²) in [4.78, 5) is 14.7. The highest BCUT2D eigenvalue weighted by Crippen LogP contribution is 2.21.